The lowest BCUT2D eigenvalue weighted by Crippen LogP contribution is -2.60. The second kappa shape index (κ2) is 7.30. The zero-order valence-electron chi connectivity index (χ0n) is 13.8. The van der Waals surface area contributed by atoms with E-state index in [1.807, 2.05) is 6.92 Å². The van der Waals surface area contributed by atoms with Crippen molar-refractivity contribution in [3.63, 3.8) is 0 Å². The minimum absolute atomic E-state index is 0.00377. The Morgan fingerprint density at radius 3 is 3.00 bits per heavy atom. The van der Waals surface area contributed by atoms with E-state index < -0.39 is 0 Å². The van der Waals surface area contributed by atoms with Crippen LogP contribution >= 0.6 is 0 Å². The van der Waals surface area contributed by atoms with E-state index in [1.165, 1.54) is 6.07 Å². The van der Waals surface area contributed by atoms with Gasteiger partial charge in [0.05, 0.1) is 24.6 Å². The third-order valence-corrected chi connectivity index (χ3v) is 4.71. The summed E-state index contributed by atoms with van der Waals surface area (Å²) in [5.41, 5.74) is 1.31. The van der Waals surface area contributed by atoms with Crippen molar-refractivity contribution in [2.24, 2.45) is 0 Å². The fourth-order valence-corrected chi connectivity index (χ4v) is 3.49. The van der Waals surface area contributed by atoms with E-state index in [0.717, 1.165) is 18.4 Å². The lowest BCUT2D eigenvalue weighted by molar-refractivity contribution is -0.128. The van der Waals surface area contributed by atoms with Crippen molar-refractivity contribution in [2.45, 2.75) is 57.2 Å². The SMILES string of the molecule is Cc1ccc(F)c(CC(=O)N[C@@H]2CCC(=O)N[C@@H]2[C@@H]2CCCO2)c1. The summed E-state index contributed by atoms with van der Waals surface area (Å²) in [5.74, 6) is -0.613. The normalized spacial score (nSPS) is 26.9. The van der Waals surface area contributed by atoms with Crippen LogP contribution in [0.1, 0.15) is 36.8 Å². The number of rotatable bonds is 4. The molecule has 0 spiro atoms. The average molecular weight is 334 g/mol. The smallest absolute Gasteiger partial charge is 0.224 e. The van der Waals surface area contributed by atoms with Crippen LogP contribution in [0.25, 0.3) is 0 Å². The summed E-state index contributed by atoms with van der Waals surface area (Å²) >= 11 is 0. The Morgan fingerprint density at radius 1 is 1.42 bits per heavy atom. The highest BCUT2D eigenvalue weighted by Crippen LogP contribution is 2.22. The van der Waals surface area contributed by atoms with Gasteiger partial charge in [-0.1, -0.05) is 17.7 Å². The Balaban J connectivity index is 1.65. The molecule has 6 heteroatoms. The van der Waals surface area contributed by atoms with Crippen LogP contribution in [0.4, 0.5) is 4.39 Å². The fourth-order valence-electron chi connectivity index (χ4n) is 3.49. The van der Waals surface area contributed by atoms with Crippen molar-refractivity contribution >= 4 is 11.8 Å². The number of benzene rings is 1. The first-order chi connectivity index (χ1) is 11.5. The van der Waals surface area contributed by atoms with Crippen molar-refractivity contribution < 1.29 is 18.7 Å². The molecule has 0 radical (unpaired) electrons. The molecule has 2 aliphatic rings. The molecular weight excluding hydrogens is 311 g/mol. The maximum Gasteiger partial charge on any atom is 0.224 e. The number of piperidine rings is 1. The number of ether oxygens (including phenoxy) is 1. The van der Waals surface area contributed by atoms with E-state index in [2.05, 4.69) is 10.6 Å². The maximum absolute atomic E-state index is 13.8. The summed E-state index contributed by atoms with van der Waals surface area (Å²) in [6.07, 6.45) is 2.74. The number of nitrogens with one attached hydrogen (secondary N) is 2. The number of hydrogen-bond donors (Lipinski definition) is 2. The number of aryl methyl sites for hydroxylation is 1. The topological polar surface area (TPSA) is 67.4 Å². The Kier molecular flexibility index (Phi) is 5.14. The van der Waals surface area contributed by atoms with Crippen LogP contribution in [0.3, 0.4) is 0 Å². The molecule has 0 aromatic heterocycles. The molecule has 1 aromatic carbocycles. The monoisotopic (exact) mass is 334 g/mol. The zero-order valence-corrected chi connectivity index (χ0v) is 13.8. The molecule has 2 fully saturated rings. The fraction of sp³-hybridized carbons (Fsp3) is 0.556. The highest BCUT2D eigenvalue weighted by molar-refractivity contribution is 5.81. The summed E-state index contributed by atoms with van der Waals surface area (Å²) < 4.78 is 19.5. The van der Waals surface area contributed by atoms with E-state index in [4.69, 9.17) is 4.74 Å². The van der Waals surface area contributed by atoms with Gasteiger partial charge in [0, 0.05) is 13.0 Å². The van der Waals surface area contributed by atoms with Gasteiger partial charge in [0.25, 0.3) is 0 Å². The third-order valence-electron chi connectivity index (χ3n) is 4.71. The zero-order chi connectivity index (χ0) is 17.1. The van der Waals surface area contributed by atoms with Crippen LogP contribution < -0.4 is 10.6 Å². The lowest BCUT2D eigenvalue weighted by atomic mass is 9.92. The van der Waals surface area contributed by atoms with E-state index in [9.17, 15) is 14.0 Å². The van der Waals surface area contributed by atoms with Crippen LogP contribution in [0.2, 0.25) is 0 Å². The average Bonchev–Trinajstić information content (AvgIpc) is 3.07. The lowest BCUT2D eigenvalue weighted by Gasteiger charge is -2.36. The molecule has 3 rings (SSSR count). The molecule has 2 heterocycles. The Bertz CT molecular complexity index is 629. The quantitative estimate of drug-likeness (QED) is 0.879. The first-order valence-electron chi connectivity index (χ1n) is 8.48. The highest BCUT2D eigenvalue weighted by Gasteiger charge is 2.37. The van der Waals surface area contributed by atoms with Gasteiger partial charge in [0.2, 0.25) is 11.8 Å². The molecule has 5 nitrogen and oxygen atoms in total. The number of carbonyl (C=O) groups is 2. The Morgan fingerprint density at radius 2 is 2.25 bits per heavy atom. The molecule has 130 valence electrons. The Hall–Kier alpha value is -1.95. The van der Waals surface area contributed by atoms with Gasteiger partial charge >= 0.3 is 0 Å². The van der Waals surface area contributed by atoms with Gasteiger partial charge in [-0.25, -0.2) is 4.39 Å². The largest absolute Gasteiger partial charge is 0.376 e. The third kappa shape index (κ3) is 3.93. The van der Waals surface area contributed by atoms with Gasteiger partial charge in [0.1, 0.15) is 5.82 Å². The van der Waals surface area contributed by atoms with Crippen LogP contribution in [-0.4, -0.2) is 36.6 Å². The second-order valence-electron chi connectivity index (χ2n) is 6.63. The van der Waals surface area contributed by atoms with E-state index in [0.29, 0.717) is 25.0 Å². The van der Waals surface area contributed by atoms with Crippen molar-refractivity contribution in [2.75, 3.05) is 6.61 Å². The summed E-state index contributed by atoms with van der Waals surface area (Å²) in [4.78, 5) is 24.1. The molecule has 2 aliphatic heterocycles. The van der Waals surface area contributed by atoms with E-state index >= 15 is 0 Å². The molecule has 0 bridgehead atoms. The van der Waals surface area contributed by atoms with E-state index in [-0.39, 0.29) is 42.2 Å². The molecule has 0 aliphatic carbocycles. The van der Waals surface area contributed by atoms with Gasteiger partial charge in [-0.05, 0) is 37.8 Å². The first-order valence-corrected chi connectivity index (χ1v) is 8.48. The van der Waals surface area contributed by atoms with Gasteiger partial charge in [-0.3, -0.25) is 9.59 Å². The molecular formula is C18H23FN2O3. The molecule has 0 saturated carbocycles. The molecule has 2 N–H and O–H groups in total. The predicted octanol–water partition coefficient (Wildman–Crippen LogP) is 1.62. The van der Waals surface area contributed by atoms with Crippen molar-refractivity contribution in [1.29, 1.82) is 0 Å². The van der Waals surface area contributed by atoms with Crippen LogP contribution in [0.5, 0.6) is 0 Å². The predicted molar refractivity (Wildman–Crippen MR) is 86.9 cm³/mol. The Labute approximate surface area is 141 Å². The molecule has 24 heavy (non-hydrogen) atoms. The molecule has 1 aromatic rings. The number of halogens is 1. The molecule has 0 unspecified atom stereocenters. The molecule has 2 amide bonds. The van der Waals surface area contributed by atoms with Crippen molar-refractivity contribution in [3.05, 3.63) is 35.1 Å². The minimum Gasteiger partial charge on any atom is -0.376 e. The molecule has 3 atom stereocenters. The first kappa shape index (κ1) is 16.9. The number of carbonyl (C=O) groups excluding carboxylic acids is 2. The van der Waals surface area contributed by atoms with Gasteiger partial charge < -0.3 is 15.4 Å². The summed E-state index contributed by atoms with van der Waals surface area (Å²) in [5, 5.41) is 5.91. The van der Waals surface area contributed by atoms with Crippen molar-refractivity contribution in [1.82, 2.24) is 10.6 Å². The van der Waals surface area contributed by atoms with Crippen LogP contribution in [0, 0.1) is 12.7 Å². The highest BCUT2D eigenvalue weighted by atomic mass is 19.1. The second-order valence-corrected chi connectivity index (χ2v) is 6.63. The summed E-state index contributed by atoms with van der Waals surface area (Å²) in [6, 6.07) is 4.37. The van der Waals surface area contributed by atoms with Gasteiger partial charge in [-0.2, -0.15) is 0 Å². The van der Waals surface area contributed by atoms with Gasteiger partial charge in [-0.15, -0.1) is 0 Å². The van der Waals surface area contributed by atoms with E-state index in [1.54, 1.807) is 12.1 Å². The summed E-state index contributed by atoms with van der Waals surface area (Å²) in [6.45, 7) is 2.55. The number of amides is 2. The number of hydrogen-bond acceptors (Lipinski definition) is 3. The minimum atomic E-state index is -0.372. The van der Waals surface area contributed by atoms with Gasteiger partial charge in [0.15, 0.2) is 0 Å². The molecule has 2 saturated heterocycles. The van der Waals surface area contributed by atoms with Crippen molar-refractivity contribution in [3.8, 4) is 0 Å². The maximum atomic E-state index is 13.8. The van der Waals surface area contributed by atoms with Crippen LogP contribution in [-0.2, 0) is 20.7 Å². The van der Waals surface area contributed by atoms with Crippen LogP contribution in [0.15, 0.2) is 18.2 Å². The standard InChI is InChI=1S/C18H23FN2O3/c1-11-4-5-13(19)12(9-11)10-17(23)20-14-6-7-16(22)21-18(14)15-3-2-8-24-15/h4-5,9,14-15,18H,2-3,6-8,10H2,1H3,(H,20,23)(H,21,22)/t14-,15+,18+/m1/s1. The summed E-state index contributed by atoms with van der Waals surface area (Å²) in [7, 11) is 0.